The average molecular weight is 398 g/mol. The van der Waals surface area contributed by atoms with Crippen LogP contribution in [0.2, 0.25) is 0 Å². The molecule has 6 nitrogen and oxygen atoms in total. The van der Waals surface area contributed by atoms with Crippen LogP contribution in [0.4, 0.5) is 11.4 Å². The van der Waals surface area contributed by atoms with Crippen LogP contribution in [0.5, 0.6) is 0 Å². The van der Waals surface area contributed by atoms with Gasteiger partial charge in [-0.1, -0.05) is 18.2 Å². The lowest BCUT2D eigenvalue weighted by Crippen LogP contribution is -2.61. The van der Waals surface area contributed by atoms with E-state index >= 15 is 0 Å². The number of pyridine rings is 1. The Kier molecular flexibility index (Phi) is 4.77. The predicted molar refractivity (Wildman–Crippen MR) is 113 cm³/mol. The van der Waals surface area contributed by atoms with Crippen LogP contribution in [0.15, 0.2) is 48.8 Å². The smallest absolute Gasteiger partial charge is 0.253 e. The van der Waals surface area contributed by atoms with E-state index in [2.05, 4.69) is 35.9 Å². The number of halogens is 1. The topological polar surface area (TPSA) is 61.7 Å². The summed E-state index contributed by atoms with van der Waals surface area (Å²) in [5.74, 6) is 0.149. The minimum absolute atomic E-state index is 0. The van der Waals surface area contributed by atoms with Crippen LogP contribution in [-0.4, -0.2) is 33.9 Å². The summed E-state index contributed by atoms with van der Waals surface area (Å²) < 4.78 is 2.03. The van der Waals surface area contributed by atoms with E-state index in [9.17, 15) is 4.79 Å². The Bertz CT molecular complexity index is 1020. The molecule has 28 heavy (non-hydrogen) atoms. The van der Waals surface area contributed by atoms with Crippen molar-refractivity contribution in [1.29, 1.82) is 0 Å². The third-order valence-electron chi connectivity index (χ3n) is 5.65. The van der Waals surface area contributed by atoms with Gasteiger partial charge in [-0.05, 0) is 56.6 Å². The molecule has 146 valence electrons. The first-order valence-electron chi connectivity index (χ1n) is 9.49. The Labute approximate surface area is 170 Å². The molecule has 0 saturated carbocycles. The quantitative estimate of drug-likeness (QED) is 0.697. The molecule has 3 aromatic rings. The Morgan fingerprint density at radius 3 is 2.71 bits per heavy atom. The summed E-state index contributed by atoms with van der Waals surface area (Å²) in [5, 5.41) is 6.92. The number of para-hydroxylation sites is 2. The predicted octanol–water partition coefficient (Wildman–Crippen LogP) is 3.15. The Morgan fingerprint density at radius 1 is 1.11 bits per heavy atom. The van der Waals surface area contributed by atoms with Crippen molar-refractivity contribution in [2.24, 2.45) is 0 Å². The molecule has 2 aliphatic heterocycles. The standard InChI is InChI=1S/C21H23N5O.ClH/c1-15-6-7-19-23-16(13-25(19)12-15)14-26-18-5-3-2-4-17(18)24-21(20(26)27)8-10-22-11-9-21;/h2-7,12-13,22,24H,8-11,14H2,1H3;1H. The molecule has 7 heteroatoms. The lowest BCUT2D eigenvalue weighted by atomic mass is 9.84. The Morgan fingerprint density at radius 2 is 1.89 bits per heavy atom. The number of aryl methyl sites for hydroxylation is 1. The largest absolute Gasteiger partial charge is 0.369 e. The zero-order chi connectivity index (χ0) is 18.4. The van der Waals surface area contributed by atoms with Crippen LogP contribution in [0.1, 0.15) is 24.1 Å². The van der Waals surface area contributed by atoms with E-state index in [0.717, 1.165) is 48.6 Å². The molecule has 1 aromatic carbocycles. The fourth-order valence-electron chi connectivity index (χ4n) is 4.24. The summed E-state index contributed by atoms with van der Waals surface area (Å²) in [7, 11) is 0. The molecule has 2 aromatic heterocycles. The number of hydrogen-bond acceptors (Lipinski definition) is 4. The number of hydrogen-bond donors (Lipinski definition) is 2. The van der Waals surface area contributed by atoms with Crippen LogP contribution in [0.3, 0.4) is 0 Å². The van der Waals surface area contributed by atoms with E-state index < -0.39 is 5.54 Å². The van der Waals surface area contributed by atoms with Gasteiger partial charge in [-0.15, -0.1) is 12.4 Å². The zero-order valence-corrected chi connectivity index (χ0v) is 16.6. The van der Waals surface area contributed by atoms with Gasteiger partial charge in [0.25, 0.3) is 5.91 Å². The number of amides is 1. The first-order chi connectivity index (χ1) is 13.1. The molecule has 1 amide bonds. The van der Waals surface area contributed by atoms with Gasteiger partial charge in [-0.3, -0.25) is 4.79 Å². The van der Waals surface area contributed by atoms with Gasteiger partial charge in [0, 0.05) is 12.4 Å². The molecule has 5 rings (SSSR count). The number of nitrogens with one attached hydrogen (secondary N) is 2. The van der Waals surface area contributed by atoms with Gasteiger partial charge in [0.15, 0.2) is 0 Å². The van der Waals surface area contributed by atoms with E-state index in [4.69, 9.17) is 4.98 Å². The van der Waals surface area contributed by atoms with Crippen LogP contribution in [0.25, 0.3) is 5.65 Å². The van der Waals surface area contributed by atoms with Crippen molar-refractivity contribution in [1.82, 2.24) is 14.7 Å². The molecule has 0 aliphatic carbocycles. The van der Waals surface area contributed by atoms with Gasteiger partial charge < -0.3 is 19.9 Å². The number of anilines is 2. The number of piperidine rings is 1. The second-order valence-electron chi connectivity index (χ2n) is 7.57. The van der Waals surface area contributed by atoms with Gasteiger partial charge in [-0.25, -0.2) is 4.98 Å². The summed E-state index contributed by atoms with van der Waals surface area (Å²) in [6, 6.07) is 12.1. The molecule has 2 N–H and O–H groups in total. The molecule has 0 unspecified atom stereocenters. The van der Waals surface area contributed by atoms with Gasteiger partial charge in [0.1, 0.15) is 11.2 Å². The van der Waals surface area contributed by atoms with Crippen molar-refractivity contribution in [3.8, 4) is 0 Å². The van der Waals surface area contributed by atoms with E-state index in [-0.39, 0.29) is 18.3 Å². The molecular weight excluding hydrogens is 374 g/mol. The second kappa shape index (κ2) is 7.11. The number of rotatable bonds is 2. The van der Waals surface area contributed by atoms with Crippen molar-refractivity contribution in [3.63, 3.8) is 0 Å². The summed E-state index contributed by atoms with van der Waals surface area (Å²) in [6.07, 6.45) is 5.67. The highest BCUT2D eigenvalue weighted by atomic mass is 35.5. The van der Waals surface area contributed by atoms with E-state index in [1.807, 2.05) is 39.8 Å². The minimum Gasteiger partial charge on any atom is -0.369 e. The highest BCUT2D eigenvalue weighted by Crippen LogP contribution is 2.39. The third kappa shape index (κ3) is 3.02. The zero-order valence-electron chi connectivity index (χ0n) is 15.8. The van der Waals surface area contributed by atoms with E-state index in [0.29, 0.717) is 6.54 Å². The second-order valence-corrected chi connectivity index (χ2v) is 7.57. The summed E-state index contributed by atoms with van der Waals surface area (Å²) in [6.45, 7) is 4.24. The molecule has 0 radical (unpaired) electrons. The van der Waals surface area contributed by atoms with Gasteiger partial charge in [0.05, 0.1) is 23.6 Å². The summed E-state index contributed by atoms with van der Waals surface area (Å²) >= 11 is 0. The number of imidazole rings is 1. The first-order valence-corrected chi connectivity index (χ1v) is 9.49. The van der Waals surface area contributed by atoms with Crippen molar-refractivity contribution >= 4 is 35.3 Å². The van der Waals surface area contributed by atoms with Crippen molar-refractivity contribution < 1.29 is 4.79 Å². The maximum absolute atomic E-state index is 13.5. The van der Waals surface area contributed by atoms with Crippen molar-refractivity contribution in [3.05, 3.63) is 60.0 Å². The number of fused-ring (bicyclic) bond motifs is 2. The first kappa shape index (κ1) is 18.8. The maximum atomic E-state index is 13.5. The number of nitrogens with zero attached hydrogens (tertiary/aromatic N) is 3. The molecule has 1 spiro atoms. The van der Waals surface area contributed by atoms with E-state index in [1.165, 1.54) is 5.56 Å². The van der Waals surface area contributed by atoms with Gasteiger partial charge >= 0.3 is 0 Å². The lowest BCUT2D eigenvalue weighted by Gasteiger charge is -2.45. The SMILES string of the molecule is Cc1ccc2nc(CN3C(=O)C4(CCNCC4)Nc4ccccc43)cn2c1.Cl. The third-order valence-corrected chi connectivity index (χ3v) is 5.65. The Hall–Kier alpha value is -2.57. The van der Waals surface area contributed by atoms with Crippen LogP contribution in [-0.2, 0) is 11.3 Å². The highest BCUT2D eigenvalue weighted by Gasteiger charge is 2.46. The molecule has 1 saturated heterocycles. The fourth-order valence-corrected chi connectivity index (χ4v) is 4.24. The van der Waals surface area contributed by atoms with Crippen LogP contribution < -0.4 is 15.5 Å². The highest BCUT2D eigenvalue weighted by molar-refractivity contribution is 6.07. The summed E-state index contributed by atoms with van der Waals surface area (Å²) in [4.78, 5) is 20.2. The monoisotopic (exact) mass is 397 g/mol. The number of aromatic nitrogens is 2. The van der Waals surface area contributed by atoms with Crippen molar-refractivity contribution in [2.45, 2.75) is 31.8 Å². The molecule has 0 atom stereocenters. The molecule has 4 heterocycles. The Balaban J connectivity index is 0.00000192. The molecule has 2 aliphatic rings. The number of benzene rings is 1. The fraction of sp³-hybridized carbons (Fsp3) is 0.333. The maximum Gasteiger partial charge on any atom is 0.253 e. The molecule has 0 bridgehead atoms. The van der Waals surface area contributed by atoms with Gasteiger partial charge in [0.2, 0.25) is 0 Å². The normalized spacial score (nSPS) is 17.9. The molecular formula is C21H24ClN5O. The van der Waals surface area contributed by atoms with Crippen LogP contribution >= 0.6 is 12.4 Å². The van der Waals surface area contributed by atoms with Crippen LogP contribution in [0, 0.1) is 6.92 Å². The minimum atomic E-state index is -0.519. The average Bonchev–Trinajstić information content (AvgIpc) is 3.08. The number of carbonyl (C=O) groups excluding carboxylic acids is 1. The molecule has 1 fully saturated rings. The summed E-state index contributed by atoms with van der Waals surface area (Å²) in [5.41, 5.74) is 4.43. The lowest BCUT2D eigenvalue weighted by molar-refractivity contribution is -0.124. The van der Waals surface area contributed by atoms with Crippen molar-refractivity contribution in [2.75, 3.05) is 23.3 Å². The number of carbonyl (C=O) groups is 1. The van der Waals surface area contributed by atoms with E-state index in [1.54, 1.807) is 0 Å². The van der Waals surface area contributed by atoms with Gasteiger partial charge in [-0.2, -0.15) is 0 Å².